The summed E-state index contributed by atoms with van der Waals surface area (Å²) in [6.45, 7) is 3.36. The van der Waals surface area contributed by atoms with E-state index in [9.17, 15) is 22.4 Å². The van der Waals surface area contributed by atoms with Crippen LogP contribution >= 0.6 is 0 Å². The third-order valence-corrected chi connectivity index (χ3v) is 4.95. The van der Waals surface area contributed by atoms with Gasteiger partial charge < -0.3 is 10.4 Å². The van der Waals surface area contributed by atoms with Crippen molar-refractivity contribution in [3.8, 4) is 0 Å². The van der Waals surface area contributed by atoms with E-state index in [0.29, 0.717) is 0 Å². The van der Waals surface area contributed by atoms with Crippen LogP contribution in [0.2, 0.25) is 0 Å². The maximum atomic E-state index is 13.3. The molecular formula is C15H18FNO5S. The molecule has 0 aromatic heterocycles. The molecule has 1 aromatic carbocycles. The lowest BCUT2D eigenvalue weighted by Crippen LogP contribution is -2.19. The van der Waals surface area contributed by atoms with Crippen LogP contribution < -0.4 is 5.32 Å². The molecule has 2 atom stereocenters. The predicted molar refractivity (Wildman–Crippen MR) is 82.0 cm³/mol. The number of rotatable bonds is 5. The Balaban J connectivity index is 2.24. The number of aliphatic carboxylic acids is 1. The summed E-state index contributed by atoms with van der Waals surface area (Å²) in [5, 5.41) is 11.6. The zero-order valence-electron chi connectivity index (χ0n) is 13.0. The van der Waals surface area contributed by atoms with E-state index >= 15 is 0 Å². The number of sulfone groups is 1. The predicted octanol–water partition coefficient (Wildman–Crippen LogP) is 1.67. The Morgan fingerprint density at radius 3 is 2.39 bits per heavy atom. The minimum absolute atomic E-state index is 0.131. The summed E-state index contributed by atoms with van der Waals surface area (Å²) in [4.78, 5) is 23.4. The molecule has 6 nitrogen and oxygen atoms in total. The van der Waals surface area contributed by atoms with Gasteiger partial charge >= 0.3 is 5.97 Å². The largest absolute Gasteiger partial charge is 0.481 e. The highest BCUT2D eigenvalue weighted by molar-refractivity contribution is 7.89. The monoisotopic (exact) mass is 343 g/mol. The fourth-order valence-electron chi connectivity index (χ4n) is 2.88. The van der Waals surface area contributed by atoms with Gasteiger partial charge in [0.2, 0.25) is 5.91 Å². The molecule has 2 N–H and O–H groups in total. The molecule has 0 heterocycles. The molecule has 2 rings (SSSR count). The Morgan fingerprint density at radius 2 is 1.91 bits per heavy atom. The van der Waals surface area contributed by atoms with E-state index in [1.54, 1.807) is 13.8 Å². The summed E-state index contributed by atoms with van der Waals surface area (Å²) in [7, 11) is -3.42. The fraction of sp³-hybridized carbons (Fsp3) is 0.467. The van der Waals surface area contributed by atoms with Crippen LogP contribution in [0.1, 0.15) is 19.4 Å². The quantitative estimate of drug-likeness (QED) is 0.847. The van der Waals surface area contributed by atoms with E-state index in [1.807, 2.05) is 0 Å². The lowest BCUT2D eigenvalue weighted by molar-refractivity contribution is -0.140. The topological polar surface area (TPSA) is 101 Å². The van der Waals surface area contributed by atoms with E-state index in [0.717, 1.165) is 18.4 Å². The molecule has 0 aliphatic heterocycles. The molecule has 0 radical (unpaired) electrons. The van der Waals surface area contributed by atoms with E-state index in [-0.39, 0.29) is 11.3 Å². The molecule has 0 saturated heterocycles. The lowest BCUT2D eigenvalue weighted by Gasteiger charge is -2.11. The molecule has 1 saturated carbocycles. The van der Waals surface area contributed by atoms with Gasteiger partial charge in [-0.1, -0.05) is 13.8 Å². The highest BCUT2D eigenvalue weighted by Gasteiger charge is 2.65. The van der Waals surface area contributed by atoms with Crippen molar-refractivity contribution >= 4 is 27.4 Å². The number of carboxylic acids is 1. The molecule has 1 aliphatic rings. The van der Waals surface area contributed by atoms with Crippen LogP contribution in [-0.4, -0.2) is 31.7 Å². The SMILES string of the molecule is CC1(C)[C@H](C(=O)O)[C@@H]1C(=O)Nc1ccc(F)cc1CS(C)(=O)=O. The number of anilines is 1. The zero-order chi connectivity index (χ0) is 17.6. The van der Waals surface area contributed by atoms with Crippen molar-refractivity contribution in [3.63, 3.8) is 0 Å². The van der Waals surface area contributed by atoms with Crippen molar-refractivity contribution in [3.05, 3.63) is 29.6 Å². The highest BCUT2D eigenvalue weighted by atomic mass is 32.2. The van der Waals surface area contributed by atoms with Crippen LogP contribution in [0.25, 0.3) is 0 Å². The van der Waals surface area contributed by atoms with E-state index < -0.39 is 50.5 Å². The van der Waals surface area contributed by atoms with Gasteiger partial charge in [-0.05, 0) is 29.2 Å². The summed E-state index contributed by atoms with van der Waals surface area (Å²) in [6, 6.07) is 3.43. The van der Waals surface area contributed by atoms with Crippen LogP contribution in [0.15, 0.2) is 18.2 Å². The molecular weight excluding hydrogens is 325 g/mol. The van der Waals surface area contributed by atoms with Gasteiger partial charge in [0.25, 0.3) is 0 Å². The number of carboxylic acid groups (broad SMARTS) is 1. The van der Waals surface area contributed by atoms with Crippen molar-refractivity contribution < 1.29 is 27.5 Å². The van der Waals surface area contributed by atoms with Crippen molar-refractivity contribution in [2.45, 2.75) is 19.6 Å². The first kappa shape index (κ1) is 17.4. The highest BCUT2D eigenvalue weighted by Crippen LogP contribution is 2.58. The normalized spacial score (nSPS) is 22.4. The third-order valence-electron chi connectivity index (χ3n) is 4.12. The number of hydrogen-bond donors (Lipinski definition) is 2. The Bertz CT molecular complexity index is 772. The molecule has 1 aromatic rings. The summed E-state index contributed by atoms with van der Waals surface area (Å²) in [5.74, 6) is -4.10. The summed E-state index contributed by atoms with van der Waals surface area (Å²) < 4.78 is 36.2. The van der Waals surface area contributed by atoms with Crippen molar-refractivity contribution in [2.24, 2.45) is 17.3 Å². The number of carbonyl (C=O) groups excluding carboxylic acids is 1. The number of amides is 1. The van der Waals surface area contributed by atoms with Gasteiger partial charge in [-0.2, -0.15) is 0 Å². The minimum Gasteiger partial charge on any atom is -0.481 e. The van der Waals surface area contributed by atoms with Crippen LogP contribution in [0.4, 0.5) is 10.1 Å². The van der Waals surface area contributed by atoms with Gasteiger partial charge in [-0.3, -0.25) is 9.59 Å². The average Bonchev–Trinajstić information content (AvgIpc) is 2.94. The Morgan fingerprint density at radius 1 is 1.30 bits per heavy atom. The molecule has 8 heteroatoms. The van der Waals surface area contributed by atoms with Crippen molar-refractivity contribution in [1.82, 2.24) is 0 Å². The third kappa shape index (κ3) is 3.69. The fourth-order valence-corrected chi connectivity index (χ4v) is 3.69. The second-order valence-electron chi connectivity index (χ2n) is 6.48. The van der Waals surface area contributed by atoms with Gasteiger partial charge in [0.05, 0.1) is 17.6 Å². The number of nitrogens with one attached hydrogen (secondary N) is 1. The maximum Gasteiger partial charge on any atom is 0.307 e. The molecule has 1 fully saturated rings. The number of carbonyl (C=O) groups is 2. The van der Waals surface area contributed by atoms with Gasteiger partial charge in [0.1, 0.15) is 5.82 Å². The summed E-state index contributed by atoms with van der Waals surface area (Å²) >= 11 is 0. The smallest absolute Gasteiger partial charge is 0.307 e. The number of benzene rings is 1. The summed E-state index contributed by atoms with van der Waals surface area (Å²) in [5.41, 5.74) is -0.368. The van der Waals surface area contributed by atoms with Crippen molar-refractivity contribution in [1.29, 1.82) is 0 Å². The van der Waals surface area contributed by atoms with E-state index in [4.69, 9.17) is 5.11 Å². The van der Waals surface area contributed by atoms with Crippen LogP contribution in [-0.2, 0) is 25.2 Å². The number of hydrogen-bond acceptors (Lipinski definition) is 4. The molecule has 1 aliphatic carbocycles. The van der Waals surface area contributed by atoms with Gasteiger partial charge in [0.15, 0.2) is 9.84 Å². The minimum atomic E-state index is -3.42. The second-order valence-corrected chi connectivity index (χ2v) is 8.62. The maximum absolute atomic E-state index is 13.3. The standard InChI is InChI=1S/C15H18FNO5S/c1-15(2)11(12(15)14(19)20)13(18)17-10-5-4-9(16)6-8(10)7-23(3,21)22/h4-6,11-12H,7H2,1-3H3,(H,17,18)(H,19,20)/t11-,12+/m1/s1. The van der Waals surface area contributed by atoms with Crippen molar-refractivity contribution in [2.75, 3.05) is 11.6 Å². The molecule has 0 unspecified atom stereocenters. The van der Waals surface area contributed by atoms with E-state index in [2.05, 4.69) is 5.32 Å². The Kier molecular flexibility index (Phi) is 4.23. The average molecular weight is 343 g/mol. The van der Waals surface area contributed by atoms with Gasteiger partial charge in [-0.15, -0.1) is 0 Å². The Labute approximate surface area is 133 Å². The van der Waals surface area contributed by atoms with Gasteiger partial charge in [-0.25, -0.2) is 12.8 Å². The van der Waals surface area contributed by atoms with Gasteiger partial charge in [0, 0.05) is 11.9 Å². The molecule has 126 valence electrons. The molecule has 0 bridgehead atoms. The summed E-state index contributed by atoms with van der Waals surface area (Å²) in [6.07, 6.45) is 1.01. The first-order valence-corrected chi connectivity index (χ1v) is 8.99. The molecule has 23 heavy (non-hydrogen) atoms. The molecule has 0 spiro atoms. The molecule has 1 amide bonds. The first-order valence-electron chi connectivity index (χ1n) is 6.93. The van der Waals surface area contributed by atoms with Crippen LogP contribution in [0.5, 0.6) is 0 Å². The first-order chi connectivity index (χ1) is 10.4. The zero-order valence-corrected chi connectivity index (χ0v) is 13.8. The Hall–Kier alpha value is -1.96. The van der Waals surface area contributed by atoms with E-state index in [1.165, 1.54) is 6.07 Å². The van der Waals surface area contributed by atoms with Crippen LogP contribution in [0.3, 0.4) is 0 Å². The number of halogens is 1. The second kappa shape index (κ2) is 5.59. The lowest BCUT2D eigenvalue weighted by atomic mass is 10.1. The van der Waals surface area contributed by atoms with Crippen LogP contribution in [0, 0.1) is 23.1 Å².